The minimum Gasteiger partial charge on any atom is -0.314 e. The highest BCUT2D eigenvalue weighted by atomic mass is 32.1. The molecule has 0 spiro atoms. The molecule has 2 nitrogen and oxygen atoms in total. The van der Waals surface area contributed by atoms with Crippen LogP contribution in [0.2, 0.25) is 0 Å². The maximum absolute atomic E-state index is 3.80. The predicted molar refractivity (Wildman–Crippen MR) is 93.9 cm³/mol. The van der Waals surface area contributed by atoms with Crippen LogP contribution in [0.15, 0.2) is 17.5 Å². The van der Waals surface area contributed by atoms with Crippen LogP contribution >= 0.6 is 11.3 Å². The molecular formula is C18H32N2S. The third-order valence-electron chi connectivity index (χ3n) is 4.70. The van der Waals surface area contributed by atoms with Crippen LogP contribution in [0, 0.1) is 5.92 Å². The van der Waals surface area contributed by atoms with Crippen LogP contribution < -0.4 is 5.32 Å². The van der Waals surface area contributed by atoms with Crippen molar-refractivity contribution in [3.05, 3.63) is 22.4 Å². The van der Waals surface area contributed by atoms with Gasteiger partial charge in [-0.05, 0) is 57.0 Å². The lowest BCUT2D eigenvalue weighted by Gasteiger charge is -2.37. The van der Waals surface area contributed by atoms with Crippen molar-refractivity contribution in [2.75, 3.05) is 13.1 Å². The summed E-state index contributed by atoms with van der Waals surface area (Å²) in [5.74, 6) is 0.827. The number of nitrogens with zero attached hydrogens (tertiary/aromatic N) is 1. The average molecular weight is 309 g/mol. The molecule has 2 unspecified atom stereocenters. The highest BCUT2D eigenvalue weighted by molar-refractivity contribution is 7.09. The zero-order valence-corrected chi connectivity index (χ0v) is 14.8. The highest BCUT2D eigenvalue weighted by Gasteiger charge is 2.27. The van der Waals surface area contributed by atoms with E-state index in [1.165, 1.54) is 50.1 Å². The molecule has 2 rings (SSSR count). The third-order valence-corrected chi connectivity index (χ3v) is 5.57. The lowest BCUT2D eigenvalue weighted by Crippen LogP contribution is -2.45. The molecule has 0 radical (unpaired) electrons. The summed E-state index contributed by atoms with van der Waals surface area (Å²) in [6.45, 7) is 10.5. The maximum Gasteiger partial charge on any atom is 0.0330 e. The first-order valence-corrected chi connectivity index (χ1v) is 9.58. The molecule has 1 aliphatic carbocycles. The van der Waals surface area contributed by atoms with Gasteiger partial charge >= 0.3 is 0 Å². The molecule has 1 aliphatic rings. The first kappa shape index (κ1) is 17.0. The lowest BCUT2D eigenvalue weighted by atomic mass is 9.83. The zero-order chi connectivity index (χ0) is 15.1. The van der Waals surface area contributed by atoms with E-state index in [9.17, 15) is 0 Å². The minimum absolute atomic E-state index is 0.626. The Morgan fingerprint density at radius 1 is 1.33 bits per heavy atom. The molecule has 0 aliphatic heterocycles. The Bertz CT molecular complexity index is 375. The Balaban J connectivity index is 1.93. The van der Waals surface area contributed by atoms with Gasteiger partial charge < -0.3 is 5.32 Å². The molecule has 1 aromatic rings. The summed E-state index contributed by atoms with van der Waals surface area (Å²) >= 11 is 1.89. The molecule has 0 aromatic carbocycles. The second-order valence-electron chi connectivity index (χ2n) is 6.71. The monoisotopic (exact) mass is 308 g/mol. The largest absolute Gasteiger partial charge is 0.314 e. The van der Waals surface area contributed by atoms with Crippen molar-refractivity contribution in [1.29, 1.82) is 0 Å². The number of thiophene rings is 1. The first-order chi connectivity index (χ1) is 10.2. The van der Waals surface area contributed by atoms with E-state index in [4.69, 9.17) is 0 Å². The van der Waals surface area contributed by atoms with Crippen LogP contribution in [0.1, 0.15) is 57.8 Å². The van der Waals surface area contributed by atoms with E-state index in [1.807, 2.05) is 11.3 Å². The molecule has 1 aromatic heterocycles. The van der Waals surface area contributed by atoms with Gasteiger partial charge in [-0.3, -0.25) is 4.90 Å². The molecule has 1 heterocycles. The van der Waals surface area contributed by atoms with E-state index in [-0.39, 0.29) is 0 Å². The van der Waals surface area contributed by atoms with Crippen LogP contribution in [0.4, 0.5) is 0 Å². The SMILES string of the molecule is CCCNC1CCCCC1CN(Cc1cccs1)C(C)C. The van der Waals surface area contributed by atoms with E-state index >= 15 is 0 Å². The average Bonchev–Trinajstić information content (AvgIpc) is 2.98. The summed E-state index contributed by atoms with van der Waals surface area (Å²) in [6.07, 6.45) is 6.83. The first-order valence-electron chi connectivity index (χ1n) is 8.70. The summed E-state index contributed by atoms with van der Waals surface area (Å²) in [5.41, 5.74) is 0. The van der Waals surface area contributed by atoms with Crippen LogP contribution in [0.5, 0.6) is 0 Å². The molecule has 1 N–H and O–H groups in total. The van der Waals surface area contributed by atoms with Crippen molar-refractivity contribution in [2.45, 2.75) is 71.5 Å². The molecule has 0 saturated heterocycles. The third kappa shape index (κ3) is 5.39. The van der Waals surface area contributed by atoms with Gasteiger partial charge in [-0.25, -0.2) is 0 Å². The van der Waals surface area contributed by atoms with Gasteiger partial charge in [0.05, 0.1) is 0 Å². The molecular weight excluding hydrogens is 276 g/mol. The van der Waals surface area contributed by atoms with Crippen LogP contribution in [0.3, 0.4) is 0 Å². The zero-order valence-electron chi connectivity index (χ0n) is 14.0. The van der Waals surface area contributed by atoms with Crippen molar-refractivity contribution in [3.63, 3.8) is 0 Å². The van der Waals surface area contributed by atoms with Crippen molar-refractivity contribution in [3.8, 4) is 0 Å². The summed E-state index contributed by atoms with van der Waals surface area (Å²) in [7, 11) is 0. The molecule has 1 fully saturated rings. The second kappa shape index (κ2) is 8.92. The fourth-order valence-electron chi connectivity index (χ4n) is 3.39. The van der Waals surface area contributed by atoms with Gasteiger partial charge in [0, 0.05) is 30.1 Å². The number of hydrogen-bond donors (Lipinski definition) is 1. The highest BCUT2D eigenvalue weighted by Crippen LogP contribution is 2.27. The van der Waals surface area contributed by atoms with Gasteiger partial charge in [0.1, 0.15) is 0 Å². The summed E-state index contributed by atoms with van der Waals surface area (Å²) in [6, 6.07) is 5.81. The van der Waals surface area contributed by atoms with Crippen molar-refractivity contribution < 1.29 is 0 Å². The molecule has 0 bridgehead atoms. The minimum atomic E-state index is 0.626. The summed E-state index contributed by atoms with van der Waals surface area (Å²) in [5, 5.41) is 5.99. The molecule has 3 heteroatoms. The number of hydrogen-bond acceptors (Lipinski definition) is 3. The molecule has 2 atom stereocenters. The standard InChI is InChI=1S/C18H32N2S/c1-4-11-19-18-10-6-5-8-16(18)13-20(15(2)3)14-17-9-7-12-21-17/h7,9,12,15-16,18-19H,4-6,8,10-11,13-14H2,1-3H3. The van der Waals surface area contributed by atoms with Crippen molar-refractivity contribution in [2.24, 2.45) is 5.92 Å². The predicted octanol–water partition coefficient (Wildman–Crippen LogP) is 4.52. The van der Waals surface area contributed by atoms with E-state index in [0.717, 1.165) is 18.5 Å². The Labute approximate surface area is 134 Å². The van der Waals surface area contributed by atoms with Gasteiger partial charge in [-0.15, -0.1) is 11.3 Å². The molecule has 21 heavy (non-hydrogen) atoms. The molecule has 120 valence electrons. The van der Waals surface area contributed by atoms with E-state index in [0.29, 0.717) is 6.04 Å². The smallest absolute Gasteiger partial charge is 0.0330 e. The molecule has 1 saturated carbocycles. The fraction of sp³-hybridized carbons (Fsp3) is 0.778. The van der Waals surface area contributed by atoms with Crippen LogP contribution in [-0.4, -0.2) is 30.1 Å². The number of rotatable bonds is 8. The Hall–Kier alpha value is -0.380. The van der Waals surface area contributed by atoms with Gasteiger partial charge in [0.15, 0.2) is 0 Å². The Kier molecular flexibility index (Phi) is 7.21. The Morgan fingerprint density at radius 2 is 2.14 bits per heavy atom. The van der Waals surface area contributed by atoms with Gasteiger partial charge in [-0.1, -0.05) is 25.8 Å². The topological polar surface area (TPSA) is 15.3 Å². The Morgan fingerprint density at radius 3 is 2.81 bits per heavy atom. The summed E-state index contributed by atoms with van der Waals surface area (Å²) in [4.78, 5) is 4.17. The van der Waals surface area contributed by atoms with E-state index in [1.54, 1.807) is 0 Å². The normalized spacial score (nSPS) is 23.1. The van der Waals surface area contributed by atoms with E-state index < -0.39 is 0 Å². The maximum atomic E-state index is 3.80. The van der Waals surface area contributed by atoms with Gasteiger partial charge in [0.25, 0.3) is 0 Å². The summed E-state index contributed by atoms with van der Waals surface area (Å²) < 4.78 is 0. The quantitative estimate of drug-likeness (QED) is 0.760. The van der Waals surface area contributed by atoms with Crippen LogP contribution in [-0.2, 0) is 6.54 Å². The molecule has 0 amide bonds. The van der Waals surface area contributed by atoms with Crippen molar-refractivity contribution in [1.82, 2.24) is 10.2 Å². The van der Waals surface area contributed by atoms with Gasteiger partial charge in [-0.2, -0.15) is 0 Å². The number of nitrogens with one attached hydrogen (secondary N) is 1. The fourth-order valence-corrected chi connectivity index (χ4v) is 4.12. The lowest BCUT2D eigenvalue weighted by molar-refractivity contribution is 0.136. The van der Waals surface area contributed by atoms with E-state index in [2.05, 4.69) is 48.5 Å². The second-order valence-corrected chi connectivity index (χ2v) is 7.74. The van der Waals surface area contributed by atoms with Gasteiger partial charge in [0.2, 0.25) is 0 Å². The van der Waals surface area contributed by atoms with Crippen molar-refractivity contribution >= 4 is 11.3 Å². The van der Waals surface area contributed by atoms with Crippen LogP contribution in [0.25, 0.3) is 0 Å².